The lowest BCUT2D eigenvalue weighted by molar-refractivity contribution is -0.0501. The van der Waals surface area contributed by atoms with Crippen molar-refractivity contribution in [2.24, 2.45) is 7.05 Å². The van der Waals surface area contributed by atoms with E-state index < -0.39 is 6.61 Å². The van der Waals surface area contributed by atoms with Crippen LogP contribution in [0.15, 0.2) is 41.3 Å². The van der Waals surface area contributed by atoms with Gasteiger partial charge in [0.2, 0.25) is 0 Å². The molecule has 4 rings (SSSR count). The molecule has 1 saturated heterocycles. The Bertz CT molecular complexity index is 1250. The summed E-state index contributed by atoms with van der Waals surface area (Å²) in [5.41, 5.74) is 2.94. The Kier molecular flexibility index (Phi) is 6.24. The third kappa shape index (κ3) is 4.50. The number of piperazine rings is 1. The lowest BCUT2D eigenvalue weighted by atomic mass is 10.1. The van der Waals surface area contributed by atoms with Crippen LogP contribution in [0.25, 0.3) is 11.0 Å². The molecule has 8 nitrogen and oxygen atoms in total. The second-order valence-corrected chi connectivity index (χ2v) is 8.11. The standard InChI is InChI=1S/C23H24F2N6O2/c1-14-13-30(15(2)18-6-5-17(12-27-18)33-23(24)25)8-9-31(14)20-10-21(32)29(3)19-7-4-16(11-26)28-22(19)20/h4-7,10,12,14-15,23H,8-9,13H2,1-3H3/t14-,15?/m0/s1. The van der Waals surface area contributed by atoms with Crippen molar-refractivity contribution in [2.45, 2.75) is 32.5 Å². The van der Waals surface area contributed by atoms with Crippen LogP contribution in [-0.2, 0) is 7.05 Å². The molecular weight excluding hydrogens is 430 g/mol. The van der Waals surface area contributed by atoms with Crippen molar-refractivity contribution >= 4 is 16.7 Å². The fourth-order valence-electron chi connectivity index (χ4n) is 4.29. The zero-order valence-corrected chi connectivity index (χ0v) is 18.6. The highest BCUT2D eigenvalue weighted by Crippen LogP contribution is 2.30. The van der Waals surface area contributed by atoms with Crippen LogP contribution in [0.3, 0.4) is 0 Å². The average molecular weight is 454 g/mol. The summed E-state index contributed by atoms with van der Waals surface area (Å²) in [6.45, 7) is 3.27. The molecule has 4 heterocycles. The van der Waals surface area contributed by atoms with Crippen LogP contribution in [0.2, 0.25) is 0 Å². The Labute approximate surface area is 189 Å². The van der Waals surface area contributed by atoms with Crippen molar-refractivity contribution in [3.63, 3.8) is 0 Å². The van der Waals surface area contributed by atoms with Gasteiger partial charge in [-0.25, -0.2) is 4.98 Å². The number of rotatable bonds is 5. The maximum Gasteiger partial charge on any atom is 0.387 e. The van der Waals surface area contributed by atoms with Gasteiger partial charge in [0.05, 0.1) is 23.1 Å². The second-order valence-electron chi connectivity index (χ2n) is 8.11. The molecule has 33 heavy (non-hydrogen) atoms. The van der Waals surface area contributed by atoms with Crippen LogP contribution in [0.1, 0.15) is 31.3 Å². The van der Waals surface area contributed by atoms with Crippen LogP contribution < -0.4 is 15.2 Å². The maximum absolute atomic E-state index is 12.6. The van der Waals surface area contributed by atoms with Crippen LogP contribution in [0.4, 0.5) is 14.5 Å². The fourth-order valence-corrected chi connectivity index (χ4v) is 4.29. The molecule has 1 aliphatic rings. The number of hydrogen-bond acceptors (Lipinski definition) is 7. The number of aryl methyl sites for hydroxylation is 1. The first kappa shape index (κ1) is 22.6. The number of alkyl halides is 2. The monoisotopic (exact) mass is 454 g/mol. The molecule has 0 spiro atoms. The first-order chi connectivity index (χ1) is 15.8. The Morgan fingerprint density at radius 2 is 2.03 bits per heavy atom. The van der Waals surface area contributed by atoms with E-state index in [0.29, 0.717) is 36.4 Å². The molecule has 2 atom stereocenters. The van der Waals surface area contributed by atoms with Gasteiger partial charge < -0.3 is 14.2 Å². The number of pyridine rings is 3. The summed E-state index contributed by atoms with van der Waals surface area (Å²) in [5.74, 6) is 0.0286. The molecular formula is C23H24F2N6O2. The van der Waals surface area contributed by atoms with Gasteiger partial charge in [0.15, 0.2) is 0 Å². The maximum atomic E-state index is 12.6. The number of anilines is 1. The van der Waals surface area contributed by atoms with Crippen molar-refractivity contribution in [3.05, 3.63) is 58.3 Å². The first-order valence-electron chi connectivity index (χ1n) is 10.6. The van der Waals surface area contributed by atoms with Gasteiger partial charge in [0.1, 0.15) is 23.0 Å². The number of nitriles is 1. The predicted octanol–water partition coefficient (Wildman–Crippen LogP) is 3.07. The van der Waals surface area contributed by atoms with Crippen LogP contribution in [0, 0.1) is 11.3 Å². The lowest BCUT2D eigenvalue weighted by Crippen LogP contribution is -2.53. The number of hydrogen-bond donors (Lipinski definition) is 0. The van der Waals surface area contributed by atoms with Gasteiger partial charge in [-0.3, -0.25) is 14.7 Å². The Morgan fingerprint density at radius 3 is 2.67 bits per heavy atom. The summed E-state index contributed by atoms with van der Waals surface area (Å²) in [5, 5.41) is 9.29. The van der Waals surface area contributed by atoms with Gasteiger partial charge in [-0.1, -0.05) is 0 Å². The minimum atomic E-state index is -2.88. The third-order valence-electron chi connectivity index (χ3n) is 6.11. The smallest absolute Gasteiger partial charge is 0.387 e. The van der Waals surface area contributed by atoms with Crippen LogP contribution in [-0.4, -0.2) is 51.7 Å². The summed E-state index contributed by atoms with van der Waals surface area (Å²) in [7, 11) is 1.69. The van der Waals surface area contributed by atoms with E-state index >= 15 is 0 Å². The summed E-state index contributed by atoms with van der Waals surface area (Å²) >= 11 is 0. The highest BCUT2D eigenvalue weighted by atomic mass is 19.3. The van der Waals surface area contributed by atoms with Crippen LogP contribution >= 0.6 is 0 Å². The Morgan fingerprint density at radius 1 is 1.24 bits per heavy atom. The van der Waals surface area contributed by atoms with E-state index in [-0.39, 0.29) is 23.4 Å². The highest BCUT2D eigenvalue weighted by molar-refractivity contribution is 5.88. The van der Waals surface area contributed by atoms with Gasteiger partial charge >= 0.3 is 6.61 Å². The van der Waals surface area contributed by atoms with Gasteiger partial charge in [0.25, 0.3) is 5.56 Å². The molecule has 0 aromatic carbocycles. The largest absolute Gasteiger partial charge is 0.433 e. The predicted molar refractivity (Wildman–Crippen MR) is 119 cm³/mol. The summed E-state index contributed by atoms with van der Waals surface area (Å²) < 4.78 is 30.7. The molecule has 0 N–H and O–H groups in total. The zero-order valence-electron chi connectivity index (χ0n) is 18.6. The van der Waals surface area contributed by atoms with E-state index in [9.17, 15) is 18.8 Å². The molecule has 0 aliphatic carbocycles. The van der Waals surface area contributed by atoms with E-state index in [1.165, 1.54) is 16.8 Å². The average Bonchev–Trinajstić information content (AvgIpc) is 2.81. The van der Waals surface area contributed by atoms with Crippen molar-refractivity contribution < 1.29 is 13.5 Å². The highest BCUT2D eigenvalue weighted by Gasteiger charge is 2.29. The Hall–Kier alpha value is -3.58. The van der Waals surface area contributed by atoms with E-state index in [1.54, 1.807) is 31.3 Å². The number of aromatic nitrogens is 3. The van der Waals surface area contributed by atoms with E-state index in [2.05, 4.69) is 37.5 Å². The molecule has 10 heteroatoms. The minimum absolute atomic E-state index is 0.0286. The first-order valence-corrected chi connectivity index (χ1v) is 10.6. The van der Waals surface area contributed by atoms with Crippen molar-refractivity contribution in [1.82, 2.24) is 19.4 Å². The molecule has 1 aliphatic heterocycles. The minimum Gasteiger partial charge on any atom is -0.433 e. The summed E-state index contributed by atoms with van der Waals surface area (Å²) in [6.07, 6.45) is 1.31. The van der Waals surface area contributed by atoms with E-state index in [4.69, 9.17) is 0 Å². The molecule has 0 bridgehead atoms. The van der Waals surface area contributed by atoms with E-state index in [0.717, 1.165) is 11.4 Å². The van der Waals surface area contributed by atoms with Gasteiger partial charge in [-0.2, -0.15) is 14.0 Å². The second kappa shape index (κ2) is 9.11. The van der Waals surface area contributed by atoms with Gasteiger partial charge in [-0.15, -0.1) is 0 Å². The topological polar surface area (TPSA) is 87.3 Å². The molecule has 0 saturated carbocycles. The molecule has 1 unspecified atom stereocenters. The number of ether oxygens (including phenoxy) is 1. The van der Waals surface area contributed by atoms with Crippen molar-refractivity contribution in [2.75, 3.05) is 24.5 Å². The quantitative estimate of drug-likeness (QED) is 0.586. The zero-order chi connectivity index (χ0) is 23.7. The molecule has 0 radical (unpaired) electrons. The van der Waals surface area contributed by atoms with Gasteiger partial charge in [0, 0.05) is 44.8 Å². The number of fused-ring (bicyclic) bond motifs is 1. The molecule has 1 fully saturated rings. The Balaban J connectivity index is 1.56. The molecule has 3 aromatic rings. The fraction of sp³-hybridized carbons (Fsp3) is 0.391. The summed E-state index contributed by atoms with van der Waals surface area (Å²) in [4.78, 5) is 25.8. The van der Waals surface area contributed by atoms with E-state index in [1.807, 2.05) is 6.92 Å². The van der Waals surface area contributed by atoms with Crippen LogP contribution in [0.5, 0.6) is 5.75 Å². The molecule has 3 aromatic heterocycles. The SMILES string of the molecule is CC(c1ccc(OC(F)F)cn1)N1CCN(c2cc(=O)n(C)c3ccc(C#N)nc23)[C@@H](C)C1. The summed E-state index contributed by atoms with van der Waals surface area (Å²) in [6, 6.07) is 10.2. The van der Waals surface area contributed by atoms with Crippen molar-refractivity contribution in [1.29, 1.82) is 5.26 Å². The van der Waals surface area contributed by atoms with Crippen molar-refractivity contribution in [3.8, 4) is 11.8 Å². The van der Waals surface area contributed by atoms with Gasteiger partial charge in [-0.05, 0) is 38.1 Å². The molecule has 0 amide bonds. The number of nitrogens with zero attached hydrogens (tertiary/aromatic N) is 6. The molecule has 172 valence electrons. The normalized spacial score (nSPS) is 17.8. The number of halogens is 2. The third-order valence-corrected chi connectivity index (χ3v) is 6.11. The lowest BCUT2D eigenvalue weighted by Gasteiger charge is -2.43.